The summed E-state index contributed by atoms with van der Waals surface area (Å²) in [6.45, 7) is 2.90. The van der Waals surface area contributed by atoms with Crippen molar-refractivity contribution in [3.05, 3.63) is 23.7 Å². The molecular weight excluding hydrogens is 208 g/mol. The highest BCUT2D eigenvalue weighted by atomic mass is 16.3. The second-order valence-electron chi connectivity index (χ2n) is 3.77. The van der Waals surface area contributed by atoms with Crippen LogP contribution < -0.4 is 0 Å². The topological polar surface area (TPSA) is 64.3 Å². The Labute approximate surface area is 93.6 Å². The molecule has 0 bridgehead atoms. The van der Waals surface area contributed by atoms with Gasteiger partial charge in [0.05, 0.1) is 6.42 Å². The summed E-state index contributed by atoms with van der Waals surface area (Å²) in [6.07, 6.45) is 0.573. The Hall–Kier alpha value is -1.71. The number of carbonyl (C=O) groups is 3. The van der Waals surface area contributed by atoms with E-state index in [1.54, 1.807) is 12.1 Å². The molecule has 1 heterocycles. The van der Waals surface area contributed by atoms with Crippen LogP contribution in [0.1, 0.15) is 43.0 Å². The molecule has 0 fully saturated rings. The van der Waals surface area contributed by atoms with Crippen molar-refractivity contribution < 1.29 is 18.8 Å². The van der Waals surface area contributed by atoms with Crippen molar-refractivity contribution in [3.8, 4) is 0 Å². The van der Waals surface area contributed by atoms with E-state index in [-0.39, 0.29) is 42.4 Å². The summed E-state index contributed by atoms with van der Waals surface area (Å²) in [4.78, 5) is 33.0. The first kappa shape index (κ1) is 12.4. The van der Waals surface area contributed by atoms with Crippen LogP contribution in [-0.2, 0) is 16.0 Å². The highest BCUT2D eigenvalue weighted by Gasteiger charge is 2.12. The van der Waals surface area contributed by atoms with Crippen LogP contribution in [0.4, 0.5) is 0 Å². The Morgan fingerprint density at radius 3 is 2.31 bits per heavy atom. The maximum Gasteiger partial charge on any atom is 0.198 e. The molecule has 0 aliphatic heterocycles. The molecule has 4 nitrogen and oxygen atoms in total. The van der Waals surface area contributed by atoms with Crippen molar-refractivity contribution in [2.24, 2.45) is 0 Å². The monoisotopic (exact) mass is 222 g/mol. The van der Waals surface area contributed by atoms with Crippen LogP contribution in [0.2, 0.25) is 0 Å². The SMILES string of the molecule is CC(=O)CCC(=O)c1ccc(CC(C)=O)o1. The fourth-order valence-corrected chi connectivity index (χ4v) is 1.28. The van der Waals surface area contributed by atoms with E-state index in [4.69, 9.17) is 4.42 Å². The molecule has 0 atom stereocenters. The molecule has 0 N–H and O–H groups in total. The normalized spacial score (nSPS) is 10.1. The van der Waals surface area contributed by atoms with Gasteiger partial charge in [-0.15, -0.1) is 0 Å². The number of rotatable bonds is 6. The Morgan fingerprint density at radius 1 is 1.06 bits per heavy atom. The number of hydrogen-bond acceptors (Lipinski definition) is 4. The van der Waals surface area contributed by atoms with Crippen LogP contribution >= 0.6 is 0 Å². The first-order chi connectivity index (χ1) is 7.49. The van der Waals surface area contributed by atoms with Gasteiger partial charge in [-0.2, -0.15) is 0 Å². The minimum atomic E-state index is -0.204. The first-order valence-electron chi connectivity index (χ1n) is 5.10. The minimum absolute atomic E-state index is 0.0166. The number of hydrogen-bond donors (Lipinski definition) is 0. The molecule has 1 aromatic rings. The summed E-state index contributed by atoms with van der Waals surface area (Å²) in [5.74, 6) is 0.460. The minimum Gasteiger partial charge on any atom is -0.458 e. The summed E-state index contributed by atoms with van der Waals surface area (Å²) < 4.78 is 5.21. The Bertz CT molecular complexity index is 414. The number of Topliss-reactive ketones (excluding diaryl/α,β-unsaturated/α-hetero) is 3. The lowest BCUT2D eigenvalue weighted by molar-refractivity contribution is -0.117. The van der Waals surface area contributed by atoms with Gasteiger partial charge in [0, 0.05) is 12.8 Å². The number of carbonyl (C=O) groups excluding carboxylic acids is 3. The molecule has 0 aliphatic rings. The van der Waals surface area contributed by atoms with E-state index in [0.717, 1.165) is 0 Å². The second kappa shape index (κ2) is 5.39. The van der Waals surface area contributed by atoms with E-state index >= 15 is 0 Å². The van der Waals surface area contributed by atoms with Gasteiger partial charge in [-0.25, -0.2) is 0 Å². The molecule has 0 spiro atoms. The van der Waals surface area contributed by atoms with Crippen molar-refractivity contribution in [2.75, 3.05) is 0 Å². The highest BCUT2D eigenvalue weighted by molar-refractivity contribution is 5.95. The summed E-state index contributed by atoms with van der Waals surface area (Å²) in [6, 6.07) is 3.16. The van der Waals surface area contributed by atoms with Gasteiger partial charge in [0.25, 0.3) is 0 Å². The lowest BCUT2D eigenvalue weighted by Gasteiger charge is -1.95. The van der Waals surface area contributed by atoms with E-state index in [9.17, 15) is 14.4 Å². The molecule has 0 aliphatic carbocycles. The molecule has 1 rings (SSSR count). The molecule has 1 aromatic heterocycles. The Balaban J connectivity index is 2.59. The smallest absolute Gasteiger partial charge is 0.198 e. The second-order valence-corrected chi connectivity index (χ2v) is 3.77. The summed E-state index contributed by atoms with van der Waals surface area (Å²) in [5, 5.41) is 0. The van der Waals surface area contributed by atoms with Crippen LogP contribution in [0, 0.1) is 0 Å². The van der Waals surface area contributed by atoms with E-state index in [1.165, 1.54) is 13.8 Å². The zero-order chi connectivity index (χ0) is 12.1. The van der Waals surface area contributed by atoms with Gasteiger partial charge < -0.3 is 9.21 Å². The summed E-state index contributed by atoms with van der Waals surface area (Å²) >= 11 is 0. The lowest BCUT2D eigenvalue weighted by Crippen LogP contribution is -2.01. The molecule has 0 saturated heterocycles. The van der Waals surface area contributed by atoms with Gasteiger partial charge in [-0.05, 0) is 26.0 Å². The van der Waals surface area contributed by atoms with E-state index < -0.39 is 0 Å². The van der Waals surface area contributed by atoms with Crippen LogP contribution in [0.25, 0.3) is 0 Å². The predicted molar refractivity (Wildman–Crippen MR) is 57.3 cm³/mol. The Kier molecular flexibility index (Phi) is 4.17. The van der Waals surface area contributed by atoms with Crippen molar-refractivity contribution in [2.45, 2.75) is 33.1 Å². The molecule has 0 amide bonds. The van der Waals surface area contributed by atoms with Gasteiger partial charge in [-0.3, -0.25) is 9.59 Å². The first-order valence-corrected chi connectivity index (χ1v) is 5.10. The van der Waals surface area contributed by atoms with Crippen LogP contribution in [0.5, 0.6) is 0 Å². The van der Waals surface area contributed by atoms with Crippen molar-refractivity contribution in [1.29, 1.82) is 0 Å². The van der Waals surface area contributed by atoms with Crippen LogP contribution in [-0.4, -0.2) is 17.3 Å². The van der Waals surface area contributed by atoms with E-state index in [2.05, 4.69) is 0 Å². The summed E-state index contributed by atoms with van der Waals surface area (Å²) in [7, 11) is 0. The largest absolute Gasteiger partial charge is 0.458 e. The van der Waals surface area contributed by atoms with Crippen molar-refractivity contribution >= 4 is 17.3 Å². The zero-order valence-corrected chi connectivity index (χ0v) is 9.41. The van der Waals surface area contributed by atoms with Crippen molar-refractivity contribution in [1.82, 2.24) is 0 Å². The quantitative estimate of drug-likeness (QED) is 0.690. The fraction of sp³-hybridized carbons (Fsp3) is 0.417. The number of furan rings is 1. The molecule has 0 aromatic carbocycles. The highest BCUT2D eigenvalue weighted by Crippen LogP contribution is 2.12. The summed E-state index contributed by atoms with van der Waals surface area (Å²) in [5.41, 5.74) is 0. The maximum atomic E-state index is 11.5. The zero-order valence-electron chi connectivity index (χ0n) is 9.41. The van der Waals surface area contributed by atoms with Crippen molar-refractivity contribution in [3.63, 3.8) is 0 Å². The average molecular weight is 222 g/mol. The van der Waals surface area contributed by atoms with Gasteiger partial charge in [0.15, 0.2) is 11.5 Å². The molecule has 0 unspecified atom stereocenters. The van der Waals surface area contributed by atoms with Gasteiger partial charge in [-0.1, -0.05) is 0 Å². The van der Waals surface area contributed by atoms with E-state index in [1.807, 2.05) is 0 Å². The van der Waals surface area contributed by atoms with Crippen LogP contribution in [0.15, 0.2) is 16.5 Å². The maximum absolute atomic E-state index is 11.5. The molecule has 0 radical (unpaired) electrons. The molecular formula is C12H14O4. The molecule has 4 heteroatoms. The fourth-order valence-electron chi connectivity index (χ4n) is 1.28. The number of ketones is 3. The molecule has 16 heavy (non-hydrogen) atoms. The third-order valence-corrected chi connectivity index (χ3v) is 2.06. The molecule has 86 valence electrons. The van der Waals surface area contributed by atoms with Gasteiger partial charge in [0.2, 0.25) is 0 Å². The third kappa shape index (κ3) is 3.81. The predicted octanol–water partition coefficient (Wildman–Crippen LogP) is 1.96. The van der Waals surface area contributed by atoms with Gasteiger partial charge in [0.1, 0.15) is 17.3 Å². The van der Waals surface area contributed by atoms with Crippen LogP contribution in [0.3, 0.4) is 0 Å². The standard InChI is InChI=1S/C12H14O4/c1-8(13)3-5-11(15)12-6-4-10(16-12)7-9(2)14/h4,6H,3,5,7H2,1-2H3. The molecule has 0 saturated carbocycles. The third-order valence-electron chi connectivity index (χ3n) is 2.06. The lowest BCUT2D eigenvalue weighted by atomic mass is 10.1. The van der Waals surface area contributed by atoms with Gasteiger partial charge >= 0.3 is 0 Å². The Morgan fingerprint density at radius 2 is 1.75 bits per heavy atom. The average Bonchev–Trinajstić information content (AvgIpc) is 2.61. The van der Waals surface area contributed by atoms with E-state index in [0.29, 0.717) is 5.76 Å².